The second kappa shape index (κ2) is 15.6. The summed E-state index contributed by atoms with van der Waals surface area (Å²) < 4.78 is 46.1. The summed E-state index contributed by atoms with van der Waals surface area (Å²) in [5.74, 6) is 4.32. The van der Waals surface area contributed by atoms with Crippen LogP contribution in [0.2, 0.25) is 0 Å². The summed E-state index contributed by atoms with van der Waals surface area (Å²) in [6.45, 7) is 0. The van der Waals surface area contributed by atoms with Gasteiger partial charge in [0.15, 0.2) is 0 Å². The van der Waals surface area contributed by atoms with Crippen LogP contribution in [-0.4, -0.2) is 62.0 Å². The highest BCUT2D eigenvalue weighted by atomic mass is 16.5. The van der Waals surface area contributed by atoms with Crippen molar-refractivity contribution in [2.45, 2.75) is 17.9 Å². The minimum Gasteiger partial charge on any atom is -0.497 e. The van der Waals surface area contributed by atoms with Crippen LogP contribution in [0.5, 0.6) is 46.0 Å². The zero-order valence-corrected chi connectivity index (χ0v) is 30.7. The van der Waals surface area contributed by atoms with Gasteiger partial charge in [0, 0.05) is 41.2 Å². The highest BCUT2D eigenvalue weighted by Gasteiger charge is 2.45. The van der Waals surface area contributed by atoms with E-state index in [9.17, 15) is 5.11 Å². The molecule has 1 unspecified atom stereocenters. The molecule has 270 valence electrons. The summed E-state index contributed by atoms with van der Waals surface area (Å²) in [6, 6.07) is 29.1. The molecule has 3 atom stereocenters. The Kier molecular flexibility index (Phi) is 10.8. The van der Waals surface area contributed by atoms with Crippen LogP contribution >= 0.6 is 0 Å². The van der Waals surface area contributed by atoms with E-state index in [1.54, 1.807) is 75.1 Å². The van der Waals surface area contributed by atoms with Crippen molar-refractivity contribution in [3.05, 3.63) is 130 Å². The van der Waals surface area contributed by atoms with E-state index in [0.29, 0.717) is 45.6 Å². The van der Waals surface area contributed by atoms with E-state index in [-0.39, 0.29) is 11.8 Å². The maximum atomic E-state index is 12.5. The summed E-state index contributed by atoms with van der Waals surface area (Å²) in [5.41, 5.74) is 6.66. The van der Waals surface area contributed by atoms with Gasteiger partial charge in [-0.05, 0) is 81.9 Å². The molecule has 1 aliphatic rings. The Bertz CT molecular complexity index is 2010. The first-order valence-electron chi connectivity index (χ1n) is 16.7. The first-order valence-corrected chi connectivity index (χ1v) is 16.7. The summed E-state index contributed by atoms with van der Waals surface area (Å²) in [4.78, 5) is 0. The lowest BCUT2D eigenvalue weighted by Crippen LogP contribution is -2.10. The minimum atomic E-state index is -1.16. The number of methoxy groups -OCH3 is 8. The van der Waals surface area contributed by atoms with Gasteiger partial charge in [-0.15, -0.1) is 0 Å². The molecule has 0 aromatic heterocycles. The zero-order valence-electron chi connectivity index (χ0n) is 30.7. The topological polar surface area (TPSA) is 94.1 Å². The minimum absolute atomic E-state index is 0.286. The number of ether oxygens (including phenoxy) is 8. The van der Waals surface area contributed by atoms with E-state index < -0.39 is 6.10 Å². The van der Waals surface area contributed by atoms with Crippen LogP contribution in [0.1, 0.15) is 56.9 Å². The number of aliphatic hydroxyl groups is 1. The Morgan fingerprint density at radius 1 is 0.481 bits per heavy atom. The fourth-order valence-corrected chi connectivity index (χ4v) is 7.14. The molecule has 5 aromatic rings. The largest absolute Gasteiger partial charge is 0.497 e. The third-order valence-corrected chi connectivity index (χ3v) is 9.65. The van der Waals surface area contributed by atoms with Crippen LogP contribution in [0.3, 0.4) is 0 Å². The molecule has 1 aliphatic carbocycles. The van der Waals surface area contributed by atoms with Gasteiger partial charge in [0.2, 0.25) is 0 Å². The van der Waals surface area contributed by atoms with Crippen molar-refractivity contribution >= 4 is 11.6 Å². The highest BCUT2D eigenvalue weighted by Crippen LogP contribution is 2.61. The van der Waals surface area contributed by atoms with Gasteiger partial charge in [-0.3, -0.25) is 0 Å². The average Bonchev–Trinajstić information content (AvgIpc) is 3.53. The lowest BCUT2D eigenvalue weighted by molar-refractivity contribution is 0.213. The Hall–Kier alpha value is -5.80. The Morgan fingerprint density at radius 3 is 1.44 bits per heavy atom. The lowest BCUT2D eigenvalue weighted by atomic mass is 9.79. The molecule has 0 bridgehead atoms. The third kappa shape index (κ3) is 6.79. The molecule has 5 aromatic carbocycles. The van der Waals surface area contributed by atoms with Crippen LogP contribution in [0.15, 0.2) is 91.0 Å². The summed E-state index contributed by atoms with van der Waals surface area (Å²) in [5, 5.41) is 12.5. The molecule has 52 heavy (non-hydrogen) atoms. The molecular formula is C43H44O9. The Morgan fingerprint density at radius 2 is 0.962 bits per heavy atom. The third-order valence-electron chi connectivity index (χ3n) is 9.65. The van der Waals surface area contributed by atoms with Crippen LogP contribution in [0.4, 0.5) is 0 Å². The van der Waals surface area contributed by atoms with Crippen LogP contribution in [0.25, 0.3) is 11.6 Å². The van der Waals surface area contributed by atoms with Gasteiger partial charge in [0.05, 0.1) is 56.9 Å². The number of hydrogen-bond donors (Lipinski definition) is 1. The Balaban J connectivity index is 1.75. The van der Waals surface area contributed by atoms with E-state index in [4.69, 9.17) is 37.9 Å². The quantitative estimate of drug-likeness (QED) is 0.130. The maximum Gasteiger partial charge on any atom is 0.129 e. The predicted molar refractivity (Wildman–Crippen MR) is 201 cm³/mol. The number of fused-ring (bicyclic) bond motifs is 1. The van der Waals surface area contributed by atoms with Crippen LogP contribution < -0.4 is 37.9 Å². The SMILES string of the molecule is COc1ccc(/C=C2/c3c(C(O)c4cc(OC)cc(OC)c4)c(OC)cc(OC)c3[C@H](c3cc(OC)cc(OC)c3)[C@H]2c2ccc(OC)cc2)cc1. The molecule has 6 rings (SSSR count). The van der Waals surface area contributed by atoms with Gasteiger partial charge in [0.1, 0.15) is 52.1 Å². The van der Waals surface area contributed by atoms with Gasteiger partial charge >= 0.3 is 0 Å². The van der Waals surface area contributed by atoms with Gasteiger partial charge in [-0.1, -0.05) is 30.3 Å². The highest BCUT2D eigenvalue weighted by molar-refractivity contribution is 5.95. The number of aliphatic hydroxyl groups excluding tert-OH is 1. The number of hydrogen-bond acceptors (Lipinski definition) is 9. The smallest absolute Gasteiger partial charge is 0.129 e. The molecule has 9 heteroatoms. The fraction of sp³-hybridized carbons (Fsp3) is 0.256. The first-order chi connectivity index (χ1) is 25.3. The summed E-state index contributed by atoms with van der Waals surface area (Å²) in [7, 11) is 13.0. The van der Waals surface area contributed by atoms with E-state index in [1.807, 2.05) is 60.7 Å². The van der Waals surface area contributed by atoms with Crippen molar-refractivity contribution in [3.63, 3.8) is 0 Å². The van der Waals surface area contributed by atoms with Crippen molar-refractivity contribution < 1.29 is 43.0 Å². The van der Waals surface area contributed by atoms with Gasteiger partial charge in [-0.25, -0.2) is 0 Å². The molecule has 0 amide bonds. The average molecular weight is 705 g/mol. The number of benzene rings is 5. The second-order valence-corrected chi connectivity index (χ2v) is 12.3. The standard InChI is InChI=1S/C43H44O9/c1-45-29-13-9-25(10-14-29)17-35-38(26-11-15-30(46-2)16-12-26)39(27-18-31(47-3)22-32(19-27)48-4)41-36(51-7)24-37(52-8)42(40(35)41)43(44)28-20-33(49-5)23-34(21-28)50-6/h9-24,38-39,43-44H,1-8H3/b35-17+/t38-,39+,43?/m0/s1. The maximum absolute atomic E-state index is 12.5. The zero-order chi connectivity index (χ0) is 36.9. The van der Waals surface area contributed by atoms with Gasteiger partial charge in [-0.2, -0.15) is 0 Å². The number of rotatable bonds is 13. The van der Waals surface area contributed by atoms with E-state index in [1.165, 1.54) is 0 Å². The molecule has 0 saturated heterocycles. The molecule has 0 aliphatic heterocycles. The predicted octanol–water partition coefficient (Wildman–Crippen LogP) is 8.31. The summed E-state index contributed by atoms with van der Waals surface area (Å²) >= 11 is 0. The molecule has 0 radical (unpaired) electrons. The van der Waals surface area contributed by atoms with Crippen molar-refractivity contribution in [3.8, 4) is 46.0 Å². The molecular weight excluding hydrogens is 660 g/mol. The molecule has 9 nitrogen and oxygen atoms in total. The van der Waals surface area contributed by atoms with Crippen molar-refractivity contribution in [1.29, 1.82) is 0 Å². The van der Waals surface area contributed by atoms with Gasteiger partial charge in [0.25, 0.3) is 0 Å². The second-order valence-electron chi connectivity index (χ2n) is 12.3. The molecule has 0 heterocycles. The lowest BCUT2D eigenvalue weighted by Gasteiger charge is -2.25. The van der Waals surface area contributed by atoms with Crippen LogP contribution in [-0.2, 0) is 0 Å². The van der Waals surface area contributed by atoms with E-state index in [0.717, 1.165) is 44.9 Å². The van der Waals surface area contributed by atoms with Crippen molar-refractivity contribution in [1.82, 2.24) is 0 Å². The first kappa shape index (κ1) is 36.0. The molecule has 0 fully saturated rings. The summed E-state index contributed by atoms with van der Waals surface area (Å²) in [6.07, 6.45) is 0.999. The van der Waals surface area contributed by atoms with E-state index in [2.05, 4.69) is 18.2 Å². The van der Waals surface area contributed by atoms with Crippen molar-refractivity contribution in [2.24, 2.45) is 0 Å². The molecule has 1 N–H and O–H groups in total. The van der Waals surface area contributed by atoms with Crippen LogP contribution in [0, 0.1) is 0 Å². The van der Waals surface area contributed by atoms with Crippen molar-refractivity contribution in [2.75, 3.05) is 56.9 Å². The number of allylic oxidation sites excluding steroid dienone is 1. The Labute approximate surface area is 304 Å². The molecule has 0 saturated carbocycles. The normalized spacial score (nSPS) is 16.1. The molecule has 0 spiro atoms. The van der Waals surface area contributed by atoms with E-state index >= 15 is 0 Å². The fourth-order valence-electron chi connectivity index (χ4n) is 7.14. The monoisotopic (exact) mass is 704 g/mol. The van der Waals surface area contributed by atoms with Gasteiger partial charge < -0.3 is 43.0 Å².